The van der Waals surface area contributed by atoms with E-state index in [9.17, 15) is 0 Å². The van der Waals surface area contributed by atoms with Crippen LogP contribution in [0.25, 0.3) is 0 Å². The van der Waals surface area contributed by atoms with Crippen molar-refractivity contribution in [3.63, 3.8) is 0 Å². The maximum atomic E-state index is 6.46. The van der Waals surface area contributed by atoms with Crippen molar-refractivity contribution in [1.82, 2.24) is 9.78 Å². The van der Waals surface area contributed by atoms with Crippen LogP contribution in [0, 0.1) is 5.41 Å². The lowest BCUT2D eigenvalue weighted by molar-refractivity contribution is 0.222. The first kappa shape index (κ1) is 11.6. The van der Waals surface area contributed by atoms with Gasteiger partial charge in [-0.05, 0) is 31.6 Å². The van der Waals surface area contributed by atoms with Crippen LogP contribution in [0.5, 0.6) is 0 Å². The molecular formula is C13H23N3. The maximum absolute atomic E-state index is 6.46. The van der Waals surface area contributed by atoms with Crippen LogP contribution in [-0.2, 0) is 6.54 Å². The Labute approximate surface area is 98.0 Å². The number of rotatable bonds is 4. The summed E-state index contributed by atoms with van der Waals surface area (Å²) in [4.78, 5) is 0. The summed E-state index contributed by atoms with van der Waals surface area (Å²) in [5, 5.41) is 4.33. The normalized spacial score (nSPS) is 21.2. The number of hydrogen-bond donors (Lipinski definition) is 1. The Balaban J connectivity index is 2.19. The molecule has 0 aromatic carbocycles. The quantitative estimate of drug-likeness (QED) is 0.849. The predicted octanol–water partition coefficient (Wildman–Crippen LogP) is 2.87. The van der Waals surface area contributed by atoms with Crippen LogP contribution in [0.15, 0.2) is 12.4 Å². The third kappa shape index (κ3) is 1.88. The van der Waals surface area contributed by atoms with Crippen LogP contribution in [0.3, 0.4) is 0 Å². The molecule has 1 aliphatic carbocycles. The molecule has 0 radical (unpaired) electrons. The molecule has 1 aromatic heterocycles. The Morgan fingerprint density at radius 2 is 2.12 bits per heavy atom. The van der Waals surface area contributed by atoms with Crippen molar-refractivity contribution < 1.29 is 0 Å². The van der Waals surface area contributed by atoms with Gasteiger partial charge in [0.05, 0.1) is 6.20 Å². The van der Waals surface area contributed by atoms with Gasteiger partial charge in [0.1, 0.15) is 0 Å². The minimum atomic E-state index is 0.167. The summed E-state index contributed by atoms with van der Waals surface area (Å²) >= 11 is 0. The SMILES string of the molecule is CCn1cc(C(N)C2(CC)CCCC2)cn1. The number of hydrogen-bond acceptors (Lipinski definition) is 2. The Hall–Kier alpha value is -0.830. The van der Waals surface area contributed by atoms with Crippen molar-refractivity contribution >= 4 is 0 Å². The lowest BCUT2D eigenvalue weighted by atomic mass is 9.74. The summed E-state index contributed by atoms with van der Waals surface area (Å²) in [5.74, 6) is 0. The molecule has 0 bridgehead atoms. The lowest BCUT2D eigenvalue weighted by Crippen LogP contribution is -2.31. The zero-order chi connectivity index (χ0) is 11.6. The van der Waals surface area contributed by atoms with Gasteiger partial charge in [-0.1, -0.05) is 19.8 Å². The van der Waals surface area contributed by atoms with Gasteiger partial charge in [-0.25, -0.2) is 0 Å². The van der Waals surface area contributed by atoms with Crippen LogP contribution in [0.4, 0.5) is 0 Å². The van der Waals surface area contributed by atoms with Gasteiger partial charge in [0.25, 0.3) is 0 Å². The van der Waals surface area contributed by atoms with Crippen molar-refractivity contribution in [2.45, 2.75) is 58.5 Å². The molecule has 1 aromatic rings. The standard InChI is InChI=1S/C13H23N3/c1-3-13(7-5-6-8-13)12(14)11-9-15-16(4-2)10-11/h9-10,12H,3-8,14H2,1-2H3. The summed E-state index contributed by atoms with van der Waals surface area (Å²) in [7, 11) is 0. The smallest absolute Gasteiger partial charge is 0.0537 e. The second-order valence-corrected chi connectivity index (χ2v) is 5.03. The molecule has 1 fully saturated rings. The summed E-state index contributed by atoms with van der Waals surface area (Å²) in [5.41, 5.74) is 8.01. The van der Waals surface area contributed by atoms with Gasteiger partial charge in [-0.3, -0.25) is 4.68 Å². The zero-order valence-corrected chi connectivity index (χ0v) is 10.4. The molecule has 0 spiro atoms. The highest BCUT2D eigenvalue weighted by molar-refractivity contribution is 5.15. The molecule has 1 aliphatic rings. The Bertz CT molecular complexity index is 337. The van der Waals surface area contributed by atoms with E-state index in [0.29, 0.717) is 5.41 Å². The Kier molecular flexibility index (Phi) is 3.33. The number of aryl methyl sites for hydroxylation is 1. The summed E-state index contributed by atoms with van der Waals surface area (Å²) in [6, 6.07) is 0.167. The molecule has 3 heteroatoms. The van der Waals surface area contributed by atoms with Crippen molar-refractivity contribution in [1.29, 1.82) is 0 Å². The van der Waals surface area contributed by atoms with Crippen LogP contribution < -0.4 is 5.73 Å². The lowest BCUT2D eigenvalue weighted by Gasteiger charge is -2.33. The van der Waals surface area contributed by atoms with Crippen LogP contribution in [-0.4, -0.2) is 9.78 Å². The van der Waals surface area contributed by atoms with Gasteiger partial charge in [0, 0.05) is 24.3 Å². The van der Waals surface area contributed by atoms with Gasteiger partial charge < -0.3 is 5.73 Å². The second kappa shape index (κ2) is 4.58. The minimum absolute atomic E-state index is 0.167. The third-order valence-corrected chi connectivity index (χ3v) is 4.30. The fraction of sp³-hybridized carbons (Fsp3) is 0.769. The molecule has 1 saturated carbocycles. The van der Waals surface area contributed by atoms with Crippen molar-refractivity contribution in [2.24, 2.45) is 11.1 Å². The van der Waals surface area contributed by atoms with E-state index in [1.165, 1.54) is 37.7 Å². The van der Waals surface area contributed by atoms with E-state index >= 15 is 0 Å². The molecule has 2 N–H and O–H groups in total. The fourth-order valence-electron chi connectivity index (χ4n) is 3.03. The highest BCUT2D eigenvalue weighted by atomic mass is 15.3. The molecule has 16 heavy (non-hydrogen) atoms. The van der Waals surface area contributed by atoms with Crippen molar-refractivity contribution in [3.8, 4) is 0 Å². The van der Waals surface area contributed by atoms with Crippen molar-refractivity contribution in [2.75, 3.05) is 0 Å². The van der Waals surface area contributed by atoms with E-state index < -0.39 is 0 Å². The van der Waals surface area contributed by atoms with E-state index in [1.807, 2.05) is 10.9 Å². The molecule has 90 valence electrons. The molecule has 2 rings (SSSR count). The van der Waals surface area contributed by atoms with E-state index in [0.717, 1.165) is 6.54 Å². The topological polar surface area (TPSA) is 43.8 Å². The van der Waals surface area contributed by atoms with Gasteiger partial charge >= 0.3 is 0 Å². The number of nitrogens with two attached hydrogens (primary N) is 1. The zero-order valence-electron chi connectivity index (χ0n) is 10.4. The van der Waals surface area contributed by atoms with E-state index in [1.54, 1.807) is 0 Å². The number of aromatic nitrogens is 2. The second-order valence-electron chi connectivity index (χ2n) is 5.03. The molecule has 1 heterocycles. The first-order valence-corrected chi connectivity index (χ1v) is 6.50. The van der Waals surface area contributed by atoms with E-state index in [2.05, 4.69) is 25.1 Å². The molecule has 0 saturated heterocycles. The molecule has 1 unspecified atom stereocenters. The highest BCUT2D eigenvalue weighted by Crippen LogP contribution is 2.48. The first-order valence-electron chi connectivity index (χ1n) is 6.50. The van der Waals surface area contributed by atoms with Gasteiger partial charge in [0.15, 0.2) is 0 Å². The minimum Gasteiger partial charge on any atom is -0.323 e. The molecule has 1 atom stereocenters. The van der Waals surface area contributed by atoms with E-state index in [4.69, 9.17) is 5.73 Å². The highest BCUT2D eigenvalue weighted by Gasteiger charge is 2.38. The maximum Gasteiger partial charge on any atom is 0.0537 e. The number of nitrogens with zero attached hydrogens (tertiary/aromatic N) is 2. The van der Waals surface area contributed by atoms with Crippen LogP contribution in [0.2, 0.25) is 0 Å². The average Bonchev–Trinajstić information content (AvgIpc) is 2.98. The molecule has 0 amide bonds. The van der Waals surface area contributed by atoms with Gasteiger partial charge in [0.2, 0.25) is 0 Å². The van der Waals surface area contributed by atoms with Crippen LogP contribution >= 0.6 is 0 Å². The summed E-state index contributed by atoms with van der Waals surface area (Å²) < 4.78 is 1.97. The monoisotopic (exact) mass is 221 g/mol. The Morgan fingerprint density at radius 1 is 1.44 bits per heavy atom. The summed E-state index contributed by atoms with van der Waals surface area (Å²) in [6.45, 7) is 5.30. The third-order valence-electron chi connectivity index (χ3n) is 4.30. The molecular weight excluding hydrogens is 198 g/mol. The van der Waals surface area contributed by atoms with Crippen molar-refractivity contribution in [3.05, 3.63) is 18.0 Å². The fourth-order valence-corrected chi connectivity index (χ4v) is 3.03. The predicted molar refractivity (Wildman–Crippen MR) is 66.0 cm³/mol. The first-order chi connectivity index (χ1) is 7.72. The van der Waals surface area contributed by atoms with Gasteiger partial charge in [-0.15, -0.1) is 0 Å². The average molecular weight is 221 g/mol. The molecule has 3 nitrogen and oxygen atoms in total. The van der Waals surface area contributed by atoms with Gasteiger partial charge in [-0.2, -0.15) is 5.10 Å². The largest absolute Gasteiger partial charge is 0.323 e. The summed E-state index contributed by atoms with van der Waals surface area (Å²) in [6.07, 6.45) is 10.5. The van der Waals surface area contributed by atoms with Crippen LogP contribution in [0.1, 0.15) is 57.6 Å². The Morgan fingerprint density at radius 3 is 2.62 bits per heavy atom. The molecule has 0 aliphatic heterocycles. The van der Waals surface area contributed by atoms with E-state index in [-0.39, 0.29) is 6.04 Å².